The molecule has 8 heteroatoms. The Morgan fingerprint density at radius 3 is 2.34 bits per heavy atom. The van der Waals surface area contributed by atoms with Crippen LogP contribution < -0.4 is 16.4 Å². The van der Waals surface area contributed by atoms with Crippen LogP contribution in [-0.4, -0.2) is 18.4 Å². The molecular formula is C27H32ClF2N3O2. The van der Waals surface area contributed by atoms with Crippen molar-refractivity contribution in [2.75, 3.05) is 11.9 Å². The largest absolute Gasteiger partial charge is 0.384 e. The van der Waals surface area contributed by atoms with E-state index in [0.29, 0.717) is 6.54 Å². The molecule has 5 nitrogen and oxygen atoms in total. The van der Waals surface area contributed by atoms with Crippen molar-refractivity contribution >= 4 is 29.1 Å². The summed E-state index contributed by atoms with van der Waals surface area (Å²) in [5, 5.41) is 5.98. The Morgan fingerprint density at radius 2 is 1.66 bits per heavy atom. The highest BCUT2D eigenvalue weighted by molar-refractivity contribution is 6.30. The number of anilines is 1. The first kappa shape index (κ1) is 25.4. The lowest BCUT2D eigenvalue weighted by Gasteiger charge is -2.27. The molecular weight excluding hydrogens is 472 g/mol. The maximum atomic E-state index is 14.5. The van der Waals surface area contributed by atoms with E-state index in [-0.39, 0.29) is 40.2 Å². The van der Waals surface area contributed by atoms with E-state index in [1.807, 2.05) is 24.3 Å². The van der Waals surface area contributed by atoms with Crippen molar-refractivity contribution in [3.63, 3.8) is 0 Å². The smallest absolute Gasteiger partial charge is 0.226 e. The number of benzene rings is 2. The lowest BCUT2D eigenvalue weighted by molar-refractivity contribution is -0.126. The average molecular weight is 504 g/mol. The highest BCUT2D eigenvalue weighted by Gasteiger charge is 2.34. The molecule has 5 rings (SSSR count). The van der Waals surface area contributed by atoms with E-state index < -0.39 is 17.7 Å². The molecule has 2 saturated carbocycles. The molecule has 2 aromatic carbocycles. The Balaban J connectivity index is 0.000000201. The van der Waals surface area contributed by atoms with E-state index in [0.717, 1.165) is 62.6 Å². The molecule has 2 aromatic rings. The van der Waals surface area contributed by atoms with Gasteiger partial charge in [-0.2, -0.15) is 0 Å². The van der Waals surface area contributed by atoms with Gasteiger partial charge < -0.3 is 16.4 Å². The Labute approximate surface area is 209 Å². The first-order valence-electron chi connectivity index (χ1n) is 12.4. The van der Waals surface area contributed by atoms with Gasteiger partial charge in [-0.15, -0.1) is 0 Å². The van der Waals surface area contributed by atoms with Crippen LogP contribution in [0.5, 0.6) is 0 Å². The van der Waals surface area contributed by atoms with Gasteiger partial charge in [-0.25, -0.2) is 8.78 Å². The second kappa shape index (κ2) is 11.4. The minimum absolute atomic E-state index is 0.0239. The minimum atomic E-state index is -0.740. The molecule has 4 N–H and O–H groups in total. The van der Waals surface area contributed by atoms with Crippen LogP contribution in [0.3, 0.4) is 0 Å². The zero-order chi connectivity index (χ0) is 24.9. The van der Waals surface area contributed by atoms with Gasteiger partial charge in [-0.3, -0.25) is 9.59 Å². The second-order valence-corrected chi connectivity index (χ2v) is 10.1. The maximum absolute atomic E-state index is 14.5. The van der Waals surface area contributed by atoms with Crippen molar-refractivity contribution < 1.29 is 18.4 Å². The van der Waals surface area contributed by atoms with E-state index >= 15 is 0 Å². The molecule has 2 aliphatic carbocycles. The molecule has 0 bridgehead atoms. The highest BCUT2D eigenvalue weighted by Crippen LogP contribution is 2.39. The Kier molecular flexibility index (Phi) is 8.26. The molecule has 188 valence electrons. The predicted molar refractivity (Wildman–Crippen MR) is 133 cm³/mol. The standard InChI is InChI=1S/C18H22ClF2NO.C9H10N2O/c19-13-9-10-14(20)15(16(13)21)17(11-5-1-2-6-11)22-18(23)12-7-3-4-8-12;10-9(12)7-5-11-8-4-2-1-3-6(7)8/h9-12,17H,1-8H2,(H,22,23);1-4,7,11H,5H2,(H2,10,12)/t17-;/m0./s1. The summed E-state index contributed by atoms with van der Waals surface area (Å²) in [6.45, 7) is 0.634. The van der Waals surface area contributed by atoms with Gasteiger partial charge in [0.1, 0.15) is 11.6 Å². The SMILES string of the molecule is NC(=O)C1CNc2ccccc21.O=C(N[C@H](c1c(F)ccc(Cl)c1F)C1CCCC1)C1CCCC1. The minimum Gasteiger partial charge on any atom is -0.384 e. The van der Waals surface area contributed by atoms with E-state index in [1.54, 1.807) is 0 Å². The first-order valence-corrected chi connectivity index (χ1v) is 12.8. The summed E-state index contributed by atoms with van der Waals surface area (Å²) in [5.41, 5.74) is 7.21. The van der Waals surface area contributed by atoms with Gasteiger partial charge in [0.25, 0.3) is 0 Å². The number of nitrogens with one attached hydrogen (secondary N) is 2. The zero-order valence-electron chi connectivity index (χ0n) is 19.7. The van der Waals surface area contributed by atoms with E-state index in [1.165, 1.54) is 12.1 Å². The number of rotatable bonds is 5. The first-order chi connectivity index (χ1) is 16.9. The number of fused-ring (bicyclic) bond motifs is 1. The van der Waals surface area contributed by atoms with Gasteiger partial charge in [0.05, 0.1) is 17.0 Å². The van der Waals surface area contributed by atoms with Gasteiger partial charge in [0, 0.05) is 23.7 Å². The summed E-state index contributed by atoms with van der Waals surface area (Å²) in [6.07, 6.45) is 7.64. The molecule has 0 radical (unpaired) electrons. The molecule has 3 aliphatic rings. The van der Waals surface area contributed by atoms with Gasteiger partial charge in [0.2, 0.25) is 11.8 Å². The fourth-order valence-electron chi connectivity index (χ4n) is 5.54. The highest BCUT2D eigenvalue weighted by atomic mass is 35.5. The van der Waals surface area contributed by atoms with Crippen molar-refractivity contribution in [3.05, 3.63) is 64.2 Å². The van der Waals surface area contributed by atoms with Gasteiger partial charge in [-0.05, 0) is 55.4 Å². The fraction of sp³-hybridized carbons (Fsp3) is 0.481. The number of amides is 2. The molecule has 0 aromatic heterocycles. The number of hydrogen-bond donors (Lipinski definition) is 3. The van der Waals surface area contributed by atoms with Crippen molar-refractivity contribution in [1.29, 1.82) is 0 Å². The molecule has 1 unspecified atom stereocenters. The topological polar surface area (TPSA) is 84.2 Å². The van der Waals surface area contributed by atoms with Crippen LogP contribution in [0.1, 0.15) is 74.5 Å². The van der Waals surface area contributed by atoms with Gasteiger partial charge in [0.15, 0.2) is 0 Å². The van der Waals surface area contributed by atoms with Crippen LogP contribution in [-0.2, 0) is 9.59 Å². The molecule has 0 spiro atoms. The summed E-state index contributed by atoms with van der Waals surface area (Å²) in [5.74, 6) is -1.80. The number of para-hydroxylation sites is 1. The predicted octanol–water partition coefficient (Wildman–Crippen LogP) is 5.84. The van der Waals surface area contributed by atoms with Crippen molar-refractivity contribution in [1.82, 2.24) is 5.32 Å². The van der Waals surface area contributed by atoms with Gasteiger partial charge in [-0.1, -0.05) is 55.5 Å². The summed E-state index contributed by atoms with van der Waals surface area (Å²) < 4.78 is 28.8. The monoisotopic (exact) mass is 503 g/mol. The van der Waals surface area contributed by atoms with Crippen molar-refractivity contribution in [2.45, 2.75) is 63.3 Å². The fourth-order valence-corrected chi connectivity index (χ4v) is 5.71. The molecule has 0 saturated heterocycles. The third-order valence-electron chi connectivity index (χ3n) is 7.46. The molecule has 2 amide bonds. The number of nitrogens with two attached hydrogens (primary N) is 1. The molecule has 1 heterocycles. The third-order valence-corrected chi connectivity index (χ3v) is 7.75. The molecule has 2 fully saturated rings. The lowest BCUT2D eigenvalue weighted by atomic mass is 9.90. The average Bonchev–Trinajstić information content (AvgIpc) is 3.62. The van der Waals surface area contributed by atoms with Crippen LogP contribution in [0, 0.1) is 23.5 Å². The second-order valence-electron chi connectivity index (χ2n) is 9.69. The van der Waals surface area contributed by atoms with E-state index in [9.17, 15) is 18.4 Å². The van der Waals surface area contributed by atoms with Crippen LogP contribution in [0.15, 0.2) is 36.4 Å². The summed E-state index contributed by atoms with van der Waals surface area (Å²) >= 11 is 5.85. The normalized spacial score (nSPS) is 20.5. The summed E-state index contributed by atoms with van der Waals surface area (Å²) in [7, 11) is 0. The number of hydrogen-bond acceptors (Lipinski definition) is 3. The van der Waals surface area contributed by atoms with Crippen LogP contribution in [0.2, 0.25) is 5.02 Å². The van der Waals surface area contributed by atoms with E-state index in [4.69, 9.17) is 17.3 Å². The van der Waals surface area contributed by atoms with Gasteiger partial charge >= 0.3 is 0 Å². The molecule has 35 heavy (non-hydrogen) atoms. The number of carbonyl (C=O) groups excluding carboxylic acids is 2. The van der Waals surface area contributed by atoms with Crippen LogP contribution in [0.25, 0.3) is 0 Å². The molecule has 1 aliphatic heterocycles. The Hall–Kier alpha value is -2.67. The Bertz CT molecular complexity index is 1070. The maximum Gasteiger partial charge on any atom is 0.226 e. The van der Waals surface area contributed by atoms with Crippen molar-refractivity contribution in [2.24, 2.45) is 17.6 Å². The molecule has 2 atom stereocenters. The quantitative estimate of drug-likeness (QED) is 0.448. The summed E-state index contributed by atoms with van der Waals surface area (Å²) in [4.78, 5) is 23.5. The third kappa shape index (κ3) is 5.77. The van der Waals surface area contributed by atoms with Crippen LogP contribution in [0.4, 0.5) is 14.5 Å². The number of halogens is 3. The van der Waals surface area contributed by atoms with Crippen molar-refractivity contribution in [3.8, 4) is 0 Å². The number of primary amides is 1. The number of carbonyl (C=O) groups is 2. The van der Waals surface area contributed by atoms with E-state index in [2.05, 4.69) is 10.6 Å². The van der Waals surface area contributed by atoms with Crippen LogP contribution >= 0.6 is 11.6 Å². The zero-order valence-corrected chi connectivity index (χ0v) is 20.4. The lowest BCUT2D eigenvalue weighted by Crippen LogP contribution is -2.37. The summed E-state index contributed by atoms with van der Waals surface area (Å²) in [6, 6.07) is 9.54. The Morgan fingerprint density at radius 1 is 1.00 bits per heavy atom.